The molecular formula is C19H25N3O3. The first-order chi connectivity index (χ1) is 12.2. The molecule has 0 heterocycles. The number of nitrogens with zero attached hydrogens (tertiary/aromatic N) is 1. The van der Waals surface area contributed by atoms with Crippen LogP contribution in [0, 0.1) is 0 Å². The zero-order chi connectivity index (χ0) is 17.9. The fourth-order valence-electron chi connectivity index (χ4n) is 2.17. The maximum Gasteiger partial charge on any atom is 0.188 e. The number of methoxy groups -OCH3 is 2. The lowest BCUT2D eigenvalue weighted by atomic mass is 10.1. The molecule has 0 aliphatic heterocycles. The number of hydrogen-bond acceptors (Lipinski definition) is 4. The highest BCUT2D eigenvalue weighted by Crippen LogP contribution is 2.16. The number of benzene rings is 2. The van der Waals surface area contributed by atoms with E-state index in [9.17, 15) is 0 Å². The van der Waals surface area contributed by atoms with Gasteiger partial charge in [-0.2, -0.15) is 0 Å². The third-order valence-corrected chi connectivity index (χ3v) is 3.58. The Morgan fingerprint density at radius 3 is 2.08 bits per heavy atom. The average molecular weight is 343 g/mol. The van der Waals surface area contributed by atoms with Crippen LogP contribution in [0.25, 0.3) is 0 Å². The lowest BCUT2D eigenvalue weighted by molar-refractivity contribution is 0.321. The van der Waals surface area contributed by atoms with E-state index in [2.05, 4.69) is 10.3 Å². The first-order valence-corrected chi connectivity index (χ1v) is 8.15. The lowest BCUT2D eigenvalue weighted by Crippen LogP contribution is -2.34. The summed E-state index contributed by atoms with van der Waals surface area (Å²) in [6.07, 6.45) is 0.828. The predicted molar refractivity (Wildman–Crippen MR) is 99.7 cm³/mol. The molecule has 0 fully saturated rings. The van der Waals surface area contributed by atoms with E-state index in [1.165, 1.54) is 5.56 Å². The maximum absolute atomic E-state index is 5.85. The van der Waals surface area contributed by atoms with Crippen molar-refractivity contribution in [2.75, 3.05) is 33.9 Å². The van der Waals surface area contributed by atoms with Gasteiger partial charge in [-0.05, 0) is 48.4 Å². The van der Waals surface area contributed by atoms with E-state index >= 15 is 0 Å². The van der Waals surface area contributed by atoms with Crippen molar-refractivity contribution >= 4 is 5.96 Å². The van der Waals surface area contributed by atoms with Crippen molar-refractivity contribution in [1.29, 1.82) is 0 Å². The first-order valence-electron chi connectivity index (χ1n) is 8.15. The summed E-state index contributed by atoms with van der Waals surface area (Å²) in [5.41, 5.74) is 7.04. The summed E-state index contributed by atoms with van der Waals surface area (Å²) in [5, 5.41) is 3.04. The topological polar surface area (TPSA) is 78.1 Å². The smallest absolute Gasteiger partial charge is 0.188 e. The predicted octanol–water partition coefficient (Wildman–Crippen LogP) is 2.23. The SMILES string of the molecule is COc1ccc(CCN=C(N)NCCOc2ccc(OC)cc2)cc1. The second kappa shape index (κ2) is 10.1. The molecule has 2 aromatic carbocycles. The van der Waals surface area contributed by atoms with Gasteiger partial charge in [0.25, 0.3) is 0 Å². The number of guanidine groups is 1. The average Bonchev–Trinajstić information content (AvgIpc) is 2.66. The number of nitrogens with one attached hydrogen (secondary N) is 1. The Kier molecular flexibility index (Phi) is 7.43. The highest BCUT2D eigenvalue weighted by atomic mass is 16.5. The van der Waals surface area contributed by atoms with Crippen molar-refractivity contribution in [3.63, 3.8) is 0 Å². The summed E-state index contributed by atoms with van der Waals surface area (Å²) in [4.78, 5) is 4.31. The standard InChI is InChI=1S/C19H25N3O3/c1-23-16-5-3-15(4-6-16)11-12-21-19(20)22-13-14-25-18-9-7-17(24-2)8-10-18/h3-10H,11-14H2,1-2H3,(H3,20,21,22). The van der Waals surface area contributed by atoms with Crippen molar-refractivity contribution in [1.82, 2.24) is 5.32 Å². The van der Waals surface area contributed by atoms with Crippen LogP contribution < -0.4 is 25.3 Å². The Balaban J connectivity index is 1.63. The number of rotatable bonds is 9. The molecule has 0 saturated heterocycles. The Hall–Kier alpha value is -2.89. The van der Waals surface area contributed by atoms with Crippen molar-refractivity contribution in [3.05, 3.63) is 54.1 Å². The van der Waals surface area contributed by atoms with Crippen molar-refractivity contribution in [2.24, 2.45) is 10.7 Å². The van der Waals surface area contributed by atoms with Crippen LogP contribution >= 0.6 is 0 Å². The van der Waals surface area contributed by atoms with E-state index in [0.29, 0.717) is 25.7 Å². The van der Waals surface area contributed by atoms with Crippen molar-refractivity contribution in [2.45, 2.75) is 6.42 Å². The van der Waals surface area contributed by atoms with Crippen LogP contribution in [0.2, 0.25) is 0 Å². The molecule has 2 aromatic rings. The largest absolute Gasteiger partial charge is 0.497 e. The molecule has 0 unspecified atom stereocenters. The first kappa shape index (κ1) is 18.4. The quantitative estimate of drug-likeness (QED) is 0.415. The van der Waals surface area contributed by atoms with Gasteiger partial charge in [-0.3, -0.25) is 4.99 Å². The van der Waals surface area contributed by atoms with Crippen LogP contribution in [0.1, 0.15) is 5.56 Å². The minimum atomic E-state index is 0.423. The van der Waals surface area contributed by atoms with Gasteiger partial charge in [-0.15, -0.1) is 0 Å². The molecule has 0 saturated carbocycles. The highest BCUT2D eigenvalue weighted by molar-refractivity contribution is 5.77. The highest BCUT2D eigenvalue weighted by Gasteiger charge is 1.97. The fourth-order valence-corrected chi connectivity index (χ4v) is 2.17. The van der Waals surface area contributed by atoms with Crippen molar-refractivity contribution < 1.29 is 14.2 Å². The van der Waals surface area contributed by atoms with Crippen molar-refractivity contribution in [3.8, 4) is 17.2 Å². The summed E-state index contributed by atoms with van der Waals surface area (Å²) in [5.74, 6) is 2.87. The molecule has 2 rings (SSSR count). The monoisotopic (exact) mass is 343 g/mol. The molecular weight excluding hydrogens is 318 g/mol. The third-order valence-electron chi connectivity index (χ3n) is 3.58. The molecule has 0 aromatic heterocycles. The molecule has 3 N–H and O–H groups in total. The second-order valence-corrected chi connectivity index (χ2v) is 5.32. The normalized spacial score (nSPS) is 11.0. The Labute approximate surface area is 148 Å². The molecule has 0 bridgehead atoms. The van der Waals surface area contributed by atoms with Crippen LogP contribution in [-0.2, 0) is 6.42 Å². The lowest BCUT2D eigenvalue weighted by Gasteiger charge is -2.09. The van der Waals surface area contributed by atoms with Gasteiger partial charge in [0.1, 0.15) is 23.9 Å². The molecule has 6 heteroatoms. The molecule has 25 heavy (non-hydrogen) atoms. The van der Waals surface area contributed by atoms with Crippen LogP contribution in [0.4, 0.5) is 0 Å². The van der Waals surface area contributed by atoms with Gasteiger partial charge in [-0.25, -0.2) is 0 Å². The second-order valence-electron chi connectivity index (χ2n) is 5.32. The van der Waals surface area contributed by atoms with Gasteiger partial charge in [-0.1, -0.05) is 12.1 Å². The van der Waals surface area contributed by atoms with E-state index in [1.807, 2.05) is 48.5 Å². The minimum Gasteiger partial charge on any atom is -0.497 e. The Bertz CT molecular complexity index is 655. The zero-order valence-electron chi connectivity index (χ0n) is 14.7. The van der Waals surface area contributed by atoms with E-state index in [0.717, 1.165) is 23.7 Å². The Morgan fingerprint density at radius 2 is 1.48 bits per heavy atom. The number of ether oxygens (including phenoxy) is 3. The maximum atomic E-state index is 5.85. The molecule has 0 aliphatic rings. The van der Waals surface area contributed by atoms with Gasteiger partial charge in [0.15, 0.2) is 5.96 Å². The molecule has 0 atom stereocenters. The number of nitrogens with two attached hydrogens (primary N) is 1. The summed E-state index contributed by atoms with van der Waals surface area (Å²) in [7, 11) is 3.29. The summed E-state index contributed by atoms with van der Waals surface area (Å²) >= 11 is 0. The van der Waals surface area contributed by atoms with Crippen LogP contribution in [0.3, 0.4) is 0 Å². The number of aliphatic imine (C=N–C) groups is 1. The van der Waals surface area contributed by atoms with Crippen LogP contribution in [-0.4, -0.2) is 39.9 Å². The fraction of sp³-hybridized carbons (Fsp3) is 0.316. The summed E-state index contributed by atoms with van der Waals surface area (Å²) in [6.45, 7) is 1.72. The van der Waals surface area contributed by atoms with Crippen LogP contribution in [0.15, 0.2) is 53.5 Å². The van der Waals surface area contributed by atoms with E-state index in [1.54, 1.807) is 14.2 Å². The van der Waals surface area contributed by atoms with Crippen LogP contribution in [0.5, 0.6) is 17.2 Å². The van der Waals surface area contributed by atoms with E-state index in [-0.39, 0.29) is 0 Å². The molecule has 0 amide bonds. The zero-order valence-corrected chi connectivity index (χ0v) is 14.7. The van der Waals surface area contributed by atoms with Gasteiger partial charge in [0.05, 0.1) is 20.8 Å². The molecule has 0 aliphatic carbocycles. The van der Waals surface area contributed by atoms with E-state index < -0.39 is 0 Å². The molecule has 6 nitrogen and oxygen atoms in total. The van der Waals surface area contributed by atoms with Gasteiger partial charge >= 0.3 is 0 Å². The van der Waals surface area contributed by atoms with Gasteiger partial charge < -0.3 is 25.3 Å². The number of hydrogen-bond donors (Lipinski definition) is 2. The minimum absolute atomic E-state index is 0.423. The molecule has 0 spiro atoms. The summed E-state index contributed by atoms with van der Waals surface area (Å²) < 4.78 is 15.8. The molecule has 134 valence electrons. The van der Waals surface area contributed by atoms with Gasteiger partial charge in [0.2, 0.25) is 0 Å². The Morgan fingerprint density at radius 1 is 0.920 bits per heavy atom. The molecule has 0 radical (unpaired) electrons. The third kappa shape index (κ3) is 6.63. The van der Waals surface area contributed by atoms with E-state index in [4.69, 9.17) is 19.9 Å². The van der Waals surface area contributed by atoms with Gasteiger partial charge in [0, 0.05) is 6.54 Å². The summed E-state index contributed by atoms with van der Waals surface area (Å²) in [6, 6.07) is 15.4.